The fraction of sp³-hybridized carbons (Fsp3) is 0.238. The van der Waals surface area contributed by atoms with Gasteiger partial charge in [-0.3, -0.25) is 9.62 Å². The summed E-state index contributed by atoms with van der Waals surface area (Å²) in [6.45, 7) is 3.05. The number of rotatable bonds is 7. The fourth-order valence-electron chi connectivity index (χ4n) is 3.30. The van der Waals surface area contributed by atoms with Gasteiger partial charge in [-0.1, -0.05) is 24.3 Å². The second-order valence-corrected chi connectivity index (χ2v) is 9.06. The standard InChI is InChI=1S/C21H23N5O3S/c1-14-19(12-26(2)13-20-22-17-10-6-7-11-18(17)23-20)24-21(29-14)15-8-4-5-9-16(15)25-30(3,27)28/h4-11,25H,12-13H2,1-3H3,(H,22,23). The van der Waals surface area contributed by atoms with Gasteiger partial charge >= 0.3 is 0 Å². The molecule has 0 atom stereocenters. The SMILES string of the molecule is Cc1oc(-c2ccccc2NS(C)(=O)=O)nc1CN(C)Cc1nc2ccccc2[nH]1. The predicted molar refractivity (Wildman–Crippen MR) is 116 cm³/mol. The molecule has 0 saturated heterocycles. The van der Waals surface area contributed by atoms with Crippen molar-refractivity contribution in [2.24, 2.45) is 0 Å². The van der Waals surface area contributed by atoms with Gasteiger partial charge in [0.25, 0.3) is 0 Å². The maximum absolute atomic E-state index is 11.7. The largest absolute Gasteiger partial charge is 0.441 e. The van der Waals surface area contributed by atoms with Crippen molar-refractivity contribution in [1.82, 2.24) is 19.9 Å². The summed E-state index contributed by atoms with van der Waals surface area (Å²) < 4.78 is 31.7. The number of aromatic amines is 1. The maximum Gasteiger partial charge on any atom is 0.229 e. The van der Waals surface area contributed by atoms with Crippen LogP contribution in [0.3, 0.4) is 0 Å². The molecule has 0 spiro atoms. The number of aryl methyl sites for hydroxylation is 1. The van der Waals surface area contributed by atoms with E-state index in [4.69, 9.17) is 4.42 Å². The first kappa shape index (κ1) is 20.1. The van der Waals surface area contributed by atoms with Gasteiger partial charge in [-0.2, -0.15) is 0 Å². The van der Waals surface area contributed by atoms with Crippen molar-refractivity contribution >= 4 is 26.7 Å². The monoisotopic (exact) mass is 425 g/mol. The normalized spacial score (nSPS) is 12.0. The number of nitrogens with zero attached hydrogens (tertiary/aromatic N) is 3. The first-order chi connectivity index (χ1) is 14.3. The Morgan fingerprint density at radius 3 is 2.57 bits per heavy atom. The van der Waals surface area contributed by atoms with Crippen LogP contribution in [0.2, 0.25) is 0 Å². The van der Waals surface area contributed by atoms with Gasteiger partial charge in [-0.05, 0) is 38.2 Å². The van der Waals surface area contributed by atoms with Crippen LogP contribution in [0.4, 0.5) is 5.69 Å². The molecular weight excluding hydrogens is 402 g/mol. The number of oxazole rings is 1. The molecular formula is C21H23N5O3S. The Bertz CT molecular complexity index is 1260. The van der Waals surface area contributed by atoms with E-state index in [1.54, 1.807) is 18.2 Å². The van der Waals surface area contributed by atoms with Gasteiger partial charge in [-0.25, -0.2) is 18.4 Å². The molecule has 0 saturated carbocycles. The minimum atomic E-state index is -3.41. The van der Waals surface area contributed by atoms with E-state index in [0.29, 0.717) is 36.0 Å². The average Bonchev–Trinajstić information content (AvgIpc) is 3.23. The highest BCUT2D eigenvalue weighted by Gasteiger charge is 2.17. The van der Waals surface area contributed by atoms with Gasteiger partial charge in [0.2, 0.25) is 15.9 Å². The number of nitrogens with one attached hydrogen (secondary N) is 2. The maximum atomic E-state index is 11.7. The molecule has 4 rings (SSSR count). The Kier molecular flexibility index (Phi) is 5.31. The molecule has 0 amide bonds. The summed E-state index contributed by atoms with van der Waals surface area (Å²) in [6, 6.07) is 15.0. The van der Waals surface area contributed by atoms with Gasteiger partial charge in [0.15, 0.2) is 0 Å². The van der Waals surface area contributed by atoms with Crippen LogP contribution in [0.15, 0.2) is 52.9 Å². The summed E-state index contributed by atoms with van der Waals surface area (Å²) in [6.07, 6.45) is 1.11. The lowest BCUT2D eigenvalue weighted by atomic mass is 10.2. The molecule has 2 aromatic heterocycles. The zero-order valence-corrected chi connectivity index (χ0v) is 17.8. The number of H-pyrrole nitrogens is 1. The van der Waals surface area contributed by atoms with E-state index >= 15 is 0 Å². The predicted octanol–water partition coefficient (Wildman–Crippen LogP) is 3.53. The summed E-state index contributed by atoms with van der Waals surface area (Å²) in [4.78, 5) is 14.6. The Hall–Kier alpha value is -3.17. The molecule has 0 aliphatic rings. The minimum Gasteiger partial charge on any atom is -0.441 e. The minimum absolute atomic E-state index is 0.381. The Balaban J connectivity index is 1.53. The fourth-order valence-corrected chi connectivity index (χ4v) is 3.87. The molecule has 8 nitrogen and oxygen atoms in total. The Morgan fingerprint density at radius 2 is 1.80 bits per heavy atom. The first-order valence-electron chi connectivity index (χ1n) is 9.44. The van der Waals surface area contributed by atoms with Crippen molar-refractivity contribution in [2.75, 3.05) is 18.0 Å². The molecule has 156 valence electrons. The number of hydrogen-bond donors (Lipinski definition) is 2. The zero-order chi connectivity index (χ0) is 21.3. The summed E-state index contributed by atoms with van der Waals surface area (Å²) in [5, 5.41) is 0. The smallest absolute Gasteiger partial charge is 0.229 e. The lowest BCUT2D eigenvalue weighted by Gasteiger charge is -2.13. The molecule has 0 unspecified atom stereocenters. The summed E-state index contributed by atoms with van der Waals surface area (Å²) in [5.74, 6) is 1.95. The molecule has 2 N–H and O–H groups in total. The molecule has 0 aliphatic heterocycles. The number of hydrogen-bond acceptors (Lipinski definition) is 6. The molecule has 2 aromatic carbocycles. The number of para-hydroxylation sites is 3. The number of anilines is 1. The molecule has 0 bridgehead atoms. The van der Waals surface area contributed by atoms with Crippen LogP contribution < -0.4 is 4.72 Å². The van der Waals surface area contributed by atoms with Crippen LogP contribution >= 0.6 is 0 Å². The van der Waals surface area contributed by atoms with Crippen molar-refractivity contribution in [1.29, 1.82) is 0 Å². The summed E-state index contributed by atoms with van der Waals surface area (Å²) in [5.41, 5.74) is 3.77. The van der Waals surface area contributed by atoms with Gasteiger partial charge in [0.1, 0.15) is 11.6 Å². The molecule has 0 fully saturated rings. The number of aromatic nitrogens is 3. The number of imidazole rings is 1. The van der Waals surface area contributed by atoms with E-state index in [1.807, 2.05) is 44.3 Å². The highest BCUT2D eigenvalue weighted by molar-refractivity contribution is 7.92. The molecule has 2 heterocycles. The summed E-state index contributed by atoms with van der Waals surface area (Å²) >= 11 is 0. The van der Waals surface area contributed by atoms with E-state index in [-0.39, 0.29) is 0 Å². The highest BCUT2D eigenvalue weighted by Crippen LogP contribution is 2.29. The van der Waals surface area contributed by atoms with E-state index in [1.165, 1.54) is 0 Å². The van der Waals surface area contributed by atoms with Crippen molar-refractivity contribution in [2.45, 2.75) is 20.0 Å². The quantitative estimate of drug-likeness (QED) is 0.469. The highest BCUT2D eigenvalue weighted by atomic mass is 32.2. The molecule has 9 heteroatoms. The lowest BCUT2D eigenvalue weighted by molar-refractivity contribution is 0.306. The Labute approximate surface area is 175 Å². The van der Waals surface area contributed by atoms with Crippen LogP contribution in [0, 0.1) is 6.92 Å². The molecule has 30 heavy (non-hydrogen) atoms. The van der Waals surface area contributed by atoms with Gasteiger partial charge in [-0.15, -0.1) is 0 Å². The second-order valence-electron chi connectivity index (χ2n) is 7.31. The van der Waals surface area contributed by atoms with E-state index < -0.39 is 10.0 Å². The number of benzene rings is 2. The summed E-state index contributed by atoms with van der Waals surface area (Å²) in [7, 11) is -1.43. The van der Waals surface area contributed by atoms with Gasteiger partial charge < -0.3 is 9.40 Å². The molecule has 0 radical (unpaired) electrons. The van der Waals surface area contributed by atoms with Crippen molar-refractivity contribution in [3.63, 3.8) is 0 Å². The van der Waals surface area contributed by atoms with Crippen molar-refractivity contribution in [3.8, 4) is 11.5 Å². The Morgan fingerprint density at radius 1 is 1.07 bits per heavy atom. The first-order valence-corrected chi connectivity index (χ1v) is 11.3. The number of sulfonamides is 1. The third-order valence-electron chi connectivity index (χ3n) is 4.62. The van der Waals surface area contributed by atoms with Crippen LogP contribution in [0.1, 0.15) is 17.3 Å². The lowest BCUT2D eigenvalue weighted by Crippen LogP contribution is -2.18. The van der Waals surface area contributed by atoms with Crippen LogP contribution in [-0.2, 0) is 23.1 Å². The van der Waals surface area contributed by atoms with Crippen molar-refractivity contribution in [3.05, 3.63) is 65.8 Å². The average molecular weight is 426 g/mol. The van der Waals surface area contributed by atoms with Crippen LogP contribution in [0.5, 0.6) is 0 Å². The van der Waals surface area contributed by atoms with E-state index in [9.17, 15) is 8.42 Å². The van der Waals surface area contributed by atoms with Gasteiger partial charge in [0, 0.05) is 6.54 Å². The van der Waals surface area contributed by atoms with E-state index in [2.05, 4.69) is 24.6 Å². The van der Waals surface area contributed by atoms with Crippen LogP contribution in [-0.4, -0.2) is 41.6 Å². The topological polar surface area (TPSA) is 104 Å². The van der Waals surface area contributed by atoms with E-state index in [0.717, 1.165) is 28.8 Å². The second kappa shape index (κ2) is 7.92. The molecule has 4 aromatic rings. The van der Waals surface area contributed by atoms with Gasteiger partial charge in [0.05, 0.1) is 40.8 Å². The zero-order valence-electron chi connectivity index (χ0n) is 17.0. The number of fused-ring (bicyclic) bond motifs is 1. The third kappa shape index (κ3) is 4.52. The third-order valence-corrected chi connectivity index (χ3v) is 5.21. The molecule has 0 aliphatic carbocycles. The van der Waals surface area contributed by atoms with Crippen molar-refractivity contribution < 1.29 is 12.8 Å². The van der Waals surface area contributed by atoms with Crippen LogP contribution in [0.25, 0.3) is 22.5 Å².